The maximum atomic E-state index is 12.9. The molecule has 0 aliphatic rings. The number of hydrogen-bond acceptors (Lipinski definition) is 5. The molecule has 2 N–H and O–H groups in total. The van der Waals surface area contributed by atoms with E-state index in [4.69, 9.17) is 4.74 Å². The molecule has 1 amide bonds. The number of anilines is 2. The summed E-state index contributed by atoms with van der Waals surface area (Å²) in [7, 11) is -3.77. The number of ether oxygens (including phenoxy) is 1. The molecule has 0 atom stereocenters. The Labute approximate surface area is 210 Å². The van der Waals surface area contributed by atoms with E-state index in [1.165, 1.54) is 12.1 Å². The van der Waals surface area contributed by atoms with Crippen molar-refractivity contribution < 1.29 is 17.9 Å². The molecule has 0 aromatic heterocycles. The van der Waals surface area contributed by atoms with Crippen LogP contribution in [0.5, 0.6) is 5.75 Å². The quantitative estimate of drug-likeness (QED) is 0.334. The van der Waals surface area contributed by atoms with Gasteiger partial charge in [0.25, 0.3) is 15.9 Å². The first-order valence-corrected chi connectivity index (χ1v) is 12.5. The number of carbonyl (C=O) groups excluding carboxylic acids is 1. The van der Waals surface area contributed by atoms with Crippen molar-refractivity contribution in [2.24, 2.45) is 0 Å². The van der Waals surface area contributed by atoms with E-state index in [-0.39, 0.29) is 17.4 Å². The lowest BCUT2D eigenvalue weighted by atomic mass is 10.1. The lowest BCUT2D eigenvalue weighted by Crippen LogP contribution is -2.15. The summed E-state index contributed by atoms with van der Waals surface area (Å²) in [6.45, 7) is 1.97. The minimum Gasteiger partial charge on any atom is -0.489 e. The predicted octanol–water partition coefficient (Wildman–Crippen LogP) is 5.50. The molecule has 4 aromatic carbocycles. The Balaban J connectivity index is 1.47. The van der Waals surface area contributed by atoms with Gasteiger partial charge in [-0.3, -0.25) is 9.52 Å². The number of nitrogens with one attached hydrogen (secondary N) is 2. The molecule has 0 bridgehead atoms. The standard InChI is InChI=1S/C28H23N3O4S/c1-20-14-15-24(17-27(20)31-36(33,34)26-12-3-2-4-13-26)30-28(32)21-10-7-11-25(16-21)35-19-23-9-6-5-8-22(23)18-29/h2-17,31H,19H2,1H3,(H,30,32). The van der Waals surface area contributed by atoms with E-state index in [2.05, 4.69) is 16.1 Å². The summed E-state index contributed by atoms with van der Waals surface area (Å²) in [5.41, 5.74) is 3.16. The average molecular weight is 498 g/mol. The van der Waals surface area contributed by atoms with E-state index >= 15 is 0 Å². The molecule has 0 unspecified atom stereocenters. The monoisotopic (exact) mass is 497 g/mol. The van der Waals surface area contributed by atoms with Crippen LogP contribution in [-0.2, 0) is 16.6 Å². The molecule has 36 heavy (non-hydrogen) atoms. The normalized spacial score (nSPS) is 10.8. The summed E-state index contributed by atoms with van der Waals surface area (Å²) in [5.74, 6) is 0.106. The number of aryl methyl sites for hydroxylation is 1. The highest BCUT2D eigenvalue weighted by molar-refractivity contribution is 7.92. The smallest absolute Gasteiger partial charge is 0.261 e. The molecule has 0 spiro atoms. The summed E-state index contributed by atoms with van der Waals surface area (Å²) in [6.07, 6.45) is 0. The fourth-order valence-electron chi connectivity index (χ4n) is 3.46. The zero-order valence-electron chi connectivity index (χ0n) is 19.4. The largest absolute Gasteiger partial charge is 0.489 e. The van der Waals surface area contributed by atoms with Crippen molar-refractivity contribution in [2.75, 3.05) is 10.0 Å². The van der Waals surface area contributed by atoms with E-state index in [0.717, 1.165) is 5.56 Å². The van der Waals surface area contributed by atoms with Crippen LogP contribution < -0.4 is 14.8 Å². The Morgan fingerprint density at radius 2 is 1.67 bits per heavy atom. The van der Waals surface area contributed by atoms with Gasteiger partial charge in [0.05, 0.1) is 22.2 Å². The Morgan fingerprint density at radius 3 is 2.44 bits per heavy atom. The number of nitriles is 1. The fraction of sp³-hybridized carbons (Fsp3) is 0.0714. The van der Waals surface area contributed by atoms with Crippen molar-refractivity contribution in [1.82, 2.24) is 0 Å². The molecule has 4 aromatic rings. The molecule has 7 nitrogen and oxygen atoms in total. The van der Waals surface area contributed by atoms with Gasteiger partial charge in [0.2, 0.25) is 0 Å². The predicted molar refractivity (Wildman–Crippen MR) is 138 cm³/mol. The van der Waals surface area contributed by atoms with Gasteiger partial charge in [0.15, 0.2) is 0 Å². The first-order chi connectivity index (χ1) is 17.4. The third-order valence-electron chi connectivity index (χ3n) is 5.42. The van der Waals surface area contributed by atoms with E-state index in [1.54, 1.807) is 79.7 Å². The molecule has 8 heteroatoms. The molecule has 180 valence electrons. The van der Waals surface area contributed by atoms with E-state index in [0.29, 0.717) is 33.8 Å². The van der Waals surface area contributed by atoms with Crippen LogP contribution in [0.4, 0.5) is 11.4 Å². The zero-order valence-corrected chi connectivity index (χ0v) is 20.2. The Hall–Kier alpha value is -4.61. The highest BCUT2D eigenvalue weighted by Crippen LogP contribution is 2.24. The molecule has 0 aliphatic heterocycles. The van der Waals surface area contributed by atoms with Crippen LogP contribution in [0.2, 0.25) is 0 Å². The third-order valence-corrected chi connectivity index (χ3v) is 6.80. The van der Waals surface area contributed by atoms with Gasteiger partial charge in [0.1, 0.15) is 12.4 Å². The second kappa shape index (κ2) is 10.8. The third kappa shape index (κ3) is 5.90. The highest BCUT2D eigenvalue weighted by atomic mass is 32.2. The first-order valence-electron chi connectivity index (χ1n) is 11.1. The van der Waals surface area contributed by atoms with Crippen LogP contribution in [0.1, 0.15) is 27.0 Å². The van der Waals surface area contributed by atoms with Gasteiger partial charge in [-0.2, -0.15) is 5.26 Å². The Bertz CT molecular complexity index is 1540. The molecule has 4 rings (SSSR count). The maximum Gasteiger partial charge on any atom is 0.261 e. The van der Waals surface area contributed by atoms with Gasteiger partial charge >= 0.3 is 0 Å². The van der Waals surface area contributed by atoms with Crippen molar-refractivity contribution in [1.29, 1.82) is 5.26 Å². The minimum atomic E-state index is -3.77. The lowest BCUT2D eigenvalue weighted by molar-refractivity contribution is 0.102. The van der Waals surface area contributed by atoms with Gasteiger partial charge < -0.3 is 10.1 Å². The van der Waals surface area contributed by atoms with Crippen LogP contribution in [0.3, 0.4) is 0 Å². The zero-order chi connectivity index (χ0) is 25.5. The molecule has 0 heterocycles. The van der Waals surface area contributed by atoms with Gasteiger partial charge in [-0.1, -0.05) is 48.5 Å². The van der Waals surface area contributed by atoms with Crippen LogP contribution in [-0.4, -0.2) is 14.3 Å². The topological polar surface area (TPSA) is 108 Å². The summed E-state index contributed by atoms with van der Waals surface area (Å²) in [6, 6.07) is 29.1. The Kier molecular flexibility index (Phi) is 7.33. The summed E-state index contributed by atoms with van der Waals surface area (Å²) in [4.78, 5) is 13.0. The van der Waals surface area contributed by atoms with Gasteiger partial charge in [0, 0.05) is 16.8 Å². The second-order valence-electron chi connectivity index (χ2n) is 7.99. The van der Waals surface area contributed by atoms with Gasteiger partial charge in [-0.15, -0.1) is 0 Å². The van der Waals surface area contributed by atoms with E-state index in [1.807, 2.05) is 12.1 Å². The summed E-state index contributed by atoms with van der Waals surface area (Å²) < 4.78 is 33.8. The number of carbonyl (C=O) groups is 1. The number of nitrogens with zero attached hydrogens (tertiary/aromatic N) is 1. The van der Waals surface area contributed by atoms with Crippen LogP contribution >= 0.6 is 0 Å². The number of sulfonamides is 1. The molecule has 0 fully saturated rings. The van der Waals surface area contributed by atoms with Crippen molar-refractivity contribution in [3.63, 3.8) is 0 Å². The number of amides is 1. The molecule has 0 saturated carbocycles. The van der Waals surface area contributed by atoms with Gasteiger partial charge in [-0.05, 0) is 61.0 Å². The molecule has 0 radical (unpaired) electrons. The van der Waals surface area contributed by atoms with Gasteiger partial charge in [-0.25, -0.2) is 8.42 Å². The summed E-state index contributed by atoms with van der Waals surface area (Å²) >= 11 is 0. The van der Waals surface area contributed by atoms with E-state index < -0.39 is 10.0 Å². The van der Waals surface area contributed by atoms with Crippen molar-refractivity contribution in [3.05, 3.63) is 119 Å². The minimum absolute atomic E-state index is 0.146. The number of benzene rings is 4. The number of hydrogen-bond donors (Lipinski definition) is 2. The van der Waals surface area contributed by atoms with Crippen LogP contribution in [0.25, 0.3) is 0 Å². The lowest BCUT2D eigenvalue weighted by Gasteiger charge is -2.13. The van der Waals surface area contributed by atoms with Crippen molar-refractivity contribution in [2.45, 2.75) is 18.4 Å². The first kappa shape index (κ1) is 24.5. The second-order valence-corrected chi connectivity index (χ2v) is 9.67. The fourth-order valence-corrected chi connectivity index (χ4v) is 4.60. The highest BCUT2D eigenvalue weighted by Gasteiger charge is 2.16. The summed E-state index contributed by atoms with van der Waals surface area (Å²) in [5, 5.41) is 12.0. The molecule has 0 saturated heterocycles. The number of rotatable bonds is 8. The molecular weight excluding hydrogens is 474 g/mol. The Morgan fingerprint density at radius 1 is 0.917 bits per heavy atom. The van der Waals surface area contributed by atoms with Crippen LogP contribution in [0.15, 0.2) is 102 Å². The molecule has 0 aliphatic carbocycles. The van der Waals surface area contributed by atoms with Crippen molar-refractivity contribution >= 4 is 27.3 Å². The SMILES string of the molecule is Cc1ccc(NC(=O)c2cccc(OCc3ccccc3C#N)c2)cc1NS(=O)(=O)c1ccccc1. The maximum absolute atomic E-state index is 12.9. The van der Waals surface area contributed by atoms with E-state index in [9.17, 15) is 18.5 Å². The van der Waals surface area contributed by atoms with Crippen LogP contribution in [0, 0.1) is 18.3 Å². The average Bonchev–Trinajstić information content (AvgIpc) is 2.90. The molecular formula is C28H23N3O4S. The van der Waals surface area contributed by atoms with Crippen molar-refractivity contribution in [3.8, 4) is 11.8 Å².